The standard InChI is InChI=1S/C25H32O/c1-24-15-6-5-7-17(24)10-11-18-20-12-13-21(19-8-3-4-9-23(19)26)25(20,2)16-14-22(18)24/h3-4,6-9,15,18,20-22,26H,5,10-14,16H2,1-2H3/t18-,20-,21-,22-,24-,25-/m0/s1. The predicted octanol–water partition coefficient (Wildman–Crippen LogP) is 6.60. The number of rotatable bonds is 1. The molecule has 3 fully saturated rings. The first kappa shape index (κ1) is 16.7. The number of hydrogen-bond donors (Lipinski definition) is 1. The van der Waals surface area contributed by atoms with Crippen molar-refractivity contribution in [1.82, 2.24) is 0 Å². The molecule has 6 atom stereocenters. The van der Waals surface area contributed by atoms with E-state index in [0.717, 1.165) is 24.2 Å². The number of aromatic hydroxyl groups is 1. The van der Waals surface area contributed by atoms with Crippen molar-refractivity contribution in [3.8, 4) is 5.75 Å². The molecule has 1 nitrogen and oxygen atoms in total. The third kappa shape index (κ3) is 2.15. The first-order valence-electron chi connectivity index (χ1n) is 10.7. The molecular weight excluding hydrogens is 316 g/mol. The Bertz CT molecular complexity index is 774. The SMILES string of the molecule is C[C@]12CC[C@H]3[C@@H](CCC4=CCC=C[C@@]43C)[C@@H]1CC[C@H]2c1ccccc1O. The van der Waals surface area contributed by atoms with Gasteiger partial charge >= 0.3 is 0 Å². The lowest BCUT2D eigenvalue weighted by atomic mass is 9.47. The van der Waals surface area contributed by atoms with Crippen molar-refractivity contribution in [3.05, 3.63) is 53.6 Å². The van der Waals surface area contributed by atoms with E-state index in [9.17, 15) is 5.11 Å². The van der Waals surface area contributed by atoms with Gasteiger partial charge in [0, 0.05) is 5.41 Å². The molecule has 4 aliphatic rings. The van der Waals surface area contributed by atoms with Gasteiger partial charge < -0.3 is 5.11 Å². The number of hydrogen-bond acceptors (Lipinski definition) is 1. The van der Waals surface area contributed by atoms with Gasteiger partial charge in [0.1, 0.15) is 5.75 Å². The van der Waals surface area contributed by atoms with Gasteiger partial charge in [-0.25, -0.2) is 0 Å². The summed E-state index contributed by atoms with van der Waals surface area (Å²) in [5.41, 5.74) is 3.60. The Kier molecular flexibility index (Phi) is 3.68. The second kappa shape index (κ2) is 5.75. The Morgan fingerprint density at radius 1 is 1.00 bits per heavy atom. The topological polar surface area (TPSA) is 20.2 Å². The van der Waals surface area contributed by atoms with Crippen molar-refractivity contribution in [2.24, 2.45) is 28.6 Å². The quantitative estimate of drug-likeness (QED) is 0.566. The second-order valence-corrected chi connectivity index (χ2v) is 9.80. The molecule has 0 bridgehead atoms. The second-order valence-electron chi connectivity index (χ2n) is 9.80. The van der Waals surface area contributed by atoms with Gasteiger partial charge in [0.15, 0.2) is 0 Å². The van der Waals surface area contributed by atoms with E-state index in [4.69, 9.17) is 0 Å². The summed E-state index contributed by atoms with van der Waals surface area (Å²) in [6.07, 6.45) is 16.5. The predicted molar refractivity (Wildman–Crippen MR) is 107 cm³/mol. The molecule has 0 radical (unpaired) electrons. The van der Waals surface area contributed by atoms with Gasteiger partial charge in [-0.05, 0) is 85.7 Å². The van der Waals surface area contributed by atoms with Crippen LogP contribution in [0, 0.1) is 28.6 Å². The highest BCUT2D eigenvalue weighted by atomic mass is 16.3. The Balaban J connectivity index is 1.49. The number of phenols is 1. The van der Waals surface area contributed by atoms with E-state index in [-0.39, 0.29) is 0 Å². The Morgan fingerprint density at radius 2 is 1.85 bits per heavy atom. The van der Waals surface area contributed by atoms with Gasteiger partial charge in [-0.3, -0.25) is 0 Å². The summed E-state index contributed by atoms with van der Waals surface area (Å²) in [6.45, 7) is 5.06. The van der Waals surface area contributed by atoms with Gasteiger partial charge in [-0.1, -0.05) is 55.8 Å². The first-order valence-corrected chi connectivity index (χ1v) is 10.7. The molecule has 1 aromatic rings. The molecular formula is C25H32O. The van der Waals surface area contributed by atoms with Crippen LogP contribution in [0.25, 0.3) is 0 Å². The minimum atomic E-state index is 0.315. The van der Waals surface area contributed by atoms with Crippen LogP contribution in [0.3, 0.4) is 0 Å². The normalized spacial score (nSPS) is 44.0. The molecule has 0 unspecified atom stereocenters. The van der Waals surface area contributed by atoms with Gasteiger partial charge in [0.25, 0.3) is 0 Å². The monoisotopic (exact) mass is 348 g/mol. The van der Waals surface area contributed by atoms with E-state index in [1.807, 2.05) is 12.1 Å². The summed E-state index contributed by atoms with van der Waals surface area (Å²) in [5.74, 6) is 3.54. The molecule has 4 aliphatic carbocycles. The summed E-state index contributed by atoms with van der Waals surface area (Å²) in [7, 11) is 0. The Hall–Kier alpha value is -1.50. The largest absolute Gasteiger partial charge is 0.508 e. The lowest BCUT2D eigenvalue weighted by Gasteiger charge is -2.57. The Morgan fingerprint density at radius 3 is 2.69 bits per heavy atom. The highest BCUT2D eigenvalue weighted by molar-refractivity contribution is 5.38. The van der Waals surface area contributed by atoms with Crippen molar-refractivity contribution in [1.29, 1.82) is 0 Å². The highest BCUT2D eigenvalue weighted by Gasteiger charge is 2.58. The van der Waals surface area contributed by atoms with Crippen LogP contribution in [0.4, 0.5) is 0 Å². The molecule has 1 aromatic carbocycles. The third-order valence-corrected chi connectivity index (χ3v) is 8.92. The molecule has 0 heterocycles. The summed E-state index contributed by atoms with van der Waals surface area (Å²) in [5, 5.41) is 10.5. The fourth-order valence-electron chi connectivity index (χ4n) is 7.63. The van der Waals surface area contributed by atoms with Crippen molar-refractivity contribution in [3.63, 3.8) is 0 Å². The molecule has 0 aromatic heterocycles. The van der Waals surface area contributed by atoms with Gasteiger partial charge in [-0.15, -0.1) is 0 Å². The van der Waals surface area contributed by atoms with Crippen molar-refractivity contribution in [2.45, 2.75) is 64.7 Å². The third-order valence-electron chi connectivity index (χ3n) is 8.92. The van der Waals surface area contributed by atoms with Crippen LogP contribution in [0.5, 0.6) is 5.75 Å². The summed E-state index contributed by atoms with van der Waals surface area (Å²) < 4.78 is 0. The smallest absolute Gasteiger partial charge is 0.119 e. The minimum absolute atomic E-state index is 0.315. The Labute approximate surface area is 158 Å². The maximum atomic E-state index is 10.5. The lowest BCUT2D eigenvalue weighted by Crippen LogP contribution is -2.49. The van der Waals surface area contributed by atoms with Crippen LogP contribution in [-0.2, 0) is 0 Å². The van der Waals surface area contributed by atoms with Crippen molar-refractivity contribution < 1.29 is 5.11 Å². The maximum Gasteiger partial charge on any atom is 0.119 e. The molecule has 26 heavy (non-hydrogen) atoms. The molecule has 3 saturated carbocycles. The van der Waals surface area contributed by atoms with Crippen LogP contribution in [-0.4, -0.2) is 5.11 Å². The average molecular weight is 349 g/mol. The van der Waals surface area contributed by atoms with Crippen molar-refractivity contribution >= 4 is 0 Å². The van der Waals surface area contributed by atoms with E-state index >= 15 is 0 Å². The van der Waals surface area contributed by atoms with E-state index in [2.05, 4.69) is 44.2 Å². The number of para-hydroxylation sites is 1. The van der Waals surface area contributed by atoms with E-state index in [1.165, 1.54) is 44.1 Å². The van der Waals surface area contributed by atoms with E-state index in [1.54, 1.807) is 5.57 Å². The summed E-state index contributed by atoms with van der Waals surface area (Å²) in [6, 6.07) is 8.11. The van der Waals surface area contributed by atoms with Gasteiger partial charge in [0.05, 0.1) is 0 Å². The van der Waals surface area contributed by atoms with Crippen LogP contribution in [0.2, 0.25) is 0 Å². The fraction of sp³-hybridized carbons (Fsp3) is 0.600. The molecule has 1 heteroatoms. The number of fused-ring (bicyclic) bond motifs is 5. The molecule has 0 amide bonds. The highest BCUT2D eigenvalue weighted by Crippen LogP contribution is 2.68. The van der Waals surface area contributed by atoms with E-state index < -0.39 is 0 Å². The van der Waals surface area contributed by atoms with Crippen LogP contribution in [0.1, 0.15) is 70.3 Å². The van der Waals surface area contributed by atoms with Gasteiger partial charge in [0.2, 0.25) is 0 Å². The van der Waals surface area contributed by atoms with Crippen molar-refractivity contribution in [2.75, 3.05) is 0 Å². The minimum Gasteiger partial charge on any atom is -0.508 e. The van der Waals surface area contributed by atoms with Crippen LogP contribution in [0.15, 0.2) is 48.1 Å². The molecule has 0 saturated heterocycles. The molecule has 0 spiro atoms. The summed E-state index contributed by atoms with van der Waals surface area (Å²) >= 11 is 0. The van der Waals surface area contributed by atoms with Gasteiger partial charge in [-0.2, -0.15) is 0 Å². The van der Waals surface area contributed by atoms with Crippen LogP contribution >= 0.6 is 0 Å². The number of allylic oxidation sites excluding steroid dienone is 4. The molecule has 5 rings (SSSR count). The zero-order valence-electron chi connectivity index (χ0n) is 16.2. The average Bonchev–Trinajstić information content (AvgIpc) is 2.99. The maximum absolute atomic E-state index is 10.5. The van der Waals surface area contributed by atoms with E-state index in [0.29, 0.717) is 22.5 Å². The molecule has 0 aliphatic heterocycles. The lowest BCUT2D eigenvalue weighted by molar-refractivity contribution is -0.0222. The van der Waals surface area contributed by atoms with Crippen LogP contribution < -0.4 is 0 Å². The zero-order valence-corrected chi connectivity index (χ0v) is 16.2. The number of phenolic OH excluding ortho intramolecular Hbond substituents is 1. The molecule has 138 valence electrons. The number of benzene rings is 1. The zero-order chi connectivity index (χ0) is 17.9. The first-order chi connectivity index (χ1) is 12.5. The molecule has 1 N–H and O–H groups in total. The summed E-state index contributed by atoms with van der Waals surface area (Å²) in [4.78, 5) is 0. The fourth-order valence-corrected chi connectivity index (χ4v) is 7.63.